The third kappa shape index (κ3) is 4.54. The molecule has 6 unspecified atom stereocenters. The summed E-state index contributed by atoms with van der Waals surface area (Å²) in [5.41, 5.74) is 0.0897. The smallest absolute Gasteiger partial charge is 0.339 e. The number of aromatic hydroxyl groups is 3. The first-order valence-electron chi connectivity index (χ1n) is 16.2. The maximum atomic E-state index is 14.4. The highest BCUT2D eigenvalue weighted by molar-refractivity contribution is 6.24. The number of aromatic carboxylic acids is 2. The molecule has 2 heterocycles. The molecule has 256 valence electrons. The number of rotatable bonds is 5. The summed E-state index contributed by atoms with van der Waals surface area (Å²) in [6, 6.07) is 17.3. The molecule has 4 aliphatic rings. The van der Waals surface area contributed by atoms with Crippen LogP contribution in [0.2, 0.25) is 0 Å². The van der Waals surface area contributed by atoms with E-state index >= 15 is 0 Å². The van der Waals surface area contributed by atoms with Gasteiger partial charge in [-0.2, -0.15) is 0 Å². The van der Waals surface area contributed by atoms with Crippen molar-refractivity contribution in [3.8, 4) is 17.2 Å². The second-order valence-corrected chi connectivity index (χ2v) is 13.3. The molecule has 8 rings (SSSR count). The number of fused-ring (bicyclic) bond motifs is 5. The molecular weight excluding hydrogens is 660 g/mol. The van der Waals surface area contributed by atoms with Gasteiger partial charge >= 0.3 is 11.9 Å². The summed E-state index contributed by atoms with van der Waals surface area (Å²) in [4.78, 5) is 81.6. The fraction of sp³-hybridized carbons (Fsp3) is 0.211. The highest BCUT2D eigenvalue weighted by Gasteiger charge is 2.62. The van der Waals surface area contributed by atoms with E-state index in [0.717, 1.165) is 39.5 Å². The lowest BCUT2D eigenvalue weighted by molar-refractivity contribution is -0.126. The number of carboxylic acids is 2. The number of hydrogen-bond acceptors (Lipinski definition) is 9. The maximum absolute atomic E-state index is 14.4. The zero-order valence-corrected chi connectivity index (χ0v) is 26.5. The van der Waals surface area contributed by atoms with Gasteiger partial charge in [-0.05, 0) is 48.4 Å². The van der Waals surface area contributed by atoms with Crippen molar-refractivity contribution in [3.05, 3.63) is 101 Å². The summed E-state index contributed by atoms with van der Waals surface area (Å²) in [5, 5.41) is 52.5. The van der Waals surface area contributed by atoms with Crippen molar-refractivity contribution in [3.63, 3.8) is 0 Å². The fourth-order valence-corrected chi connectivity index (χ4v) is 8.65. The Morgan fingerprint density at radius 1 is 0.627 bits per heavy atom. The monoisotopic (exact) mass is 688 g/mol. The summed E-state index contributed by atoms with van der Waals surface area (Å²) in [7, 11) is 0. The molecule has 1 saturated carbocycles. The zero-order valence-electron chi connectivity index (χ0n) is 26.5. The Kier molecular flexibility index (Phi) is 7.02. The van der Waals surface area contributed by atoms with Crippen molar-refractivity contribution in [2.75, 3.05) is 9.80 Å². The number of phenols is 3. The van der Waals surface area contributed by atoms with E-state index < -0.39 is 93.7 Å². The second kappa shape index (κ2) is 11.3. The lowest BCUT2D eigenvalue weighted by Gasteiger charge is -2.44. The van der Waals surface area contributed by atoms with Crippen molar-refractivity contribution in [2.45, 2.75) is 18.8 Å². The number of imide groups is 2. The topological polar surface area (TPSA) is 210 Å². The summed E-state index contributed by atoms with van der Waals surface area (Å²) in [6.45, 7) is 0. The largest absolute Gasteiger partial charge is 0.507 e. The van der Waals surface area contributed by atoms with Gasteiger partial charge in [0.05, 0.1) is 35.0 Å². The van der Waals surface area contributed by atoms with Gasteiger partial charge in [0, 0.05) is 29.0 Å². The van der Waals surface area contributed by atoms with Crippen molar-refractivity contribution in [1.29, 1.82) is 0 Å². The average Bonchev–Trinajstić information content (AvgIpc) is 3.50. The number of allylic oxidation sites excluding steroid dienone is 2. The molecule has 13 heteroatoms. The number of carbonyl (C=O) groups is 6. The first-order chi connectivity index (χ1) is 24.4. The molecule has 13 nitrogen and oxygen atoms in total. The number of benzene rings is 4. The molecule has 3 fully saturated rings. The number of anilines is 2. The van der Waals surface area contributed by atoms with E-state index in [0.29, 0.717) is 16.5 Å². The van der Waals surface area contributed by atoms with Crippen molar-refractivity contribution >= 4 is 57.7 Å². The first-order valence-corrected chi connectivity index (χ1v) is 16.2. The molecular formula is C38H28N2O11. The molecule has 0 spiro atoms. The second-order valence-electron chi connectivity index (χ2n) is 13.3. The molecule has 0 aromatic heterocycles. The molecule has 2 aliphatic heterocycles. The van der Waals surface area contributed by atoms with Crippen LogP contribution in [0.4, 0.5) is 11.4 Å². The van der Waals surface area contributed by atoms with Crippen LogP contribution in [0.25, 0.3) is 10.8 Å². The molecule has 0 bridgehead atoms. The van der Waals surface area contributed by atoms with Crippen LogP contribution < -0.4 is 9.80 Å². The van der Waals surface area contributed by atoms with Gasteiger partial charge in [-0.15, -0.1) is 0 Å². The van der Waals surface area contributed by atoms with Crippen LogP contribution in [0.15, 0.2) is 84.4 Å². The van der Waals surface area contributed by atoms with Gasteiger partial charge in [-0.1, -0.05) is 48.0 Å². The van der Waals surface area contributed by atoms with E-state index in [1.807, 2.05) is 12.1 Å². The Morgan fingerprint density at radius 3 is 1.78 bits per heavy atom. The van der Waals surface area contributed by atoms with Crippen molar-refractivity contribution in [2.24, 2.45) is 29.6 Å². The average molecular weight is 689 g/mol. The maximum Gasteiger partial charge on any atom is 0.339 e. The van der Waals surface area contributed by atoms with Crippen molar-refractivity contribution < 1.29 is 54.3 Å². The fourth-order valence-electron chi connectivity index (χ4n) is 8.65. The Labute approximate surface area is 288 Å². The number of hydrogen-bond donors (Lipinski definition) is 5. The summed E-state index contributed by atoms with van der Waals surface area (Å²) in [5.74, 6) is -12.1. The SMILES string of the molecule is O=C(O)c1ccc(N2C(=O)C3CC=C4C(CC5C(=O)N(c6ccc(C(=O)O)c(O)c6)C(=O)C5C4c4ccc5ccccc5c4O)C3C2=O)cc1O. The summed E-state index contributed by atoms with van der Waals surface area (Å²) < 4.78 is 0. The molecule has 6 atom stereocenters. The Balaban J connectivity index is 1.25. The van der Waals surface area contributed by atoms with Gasteiger partial charge in [-0.3, -0.25) is 19.2 Å². The van der Waals surface area contributed by atoms with Crippen LogP contribution >= 0.6 is 0 Å². The van der Waals surface area contributed by atoms with Gasteiger partial charge < -0.3 is 25.5 Å². The van der Waals surface area contributed by atoms with Gasteiger partial charge in [0.25, 0.3) is 0 Å². The molecule has 2 saturated heterocycles. The van der Waals surface area contributed by atoms with Crippen LogP contribution in [-0.4, -0.2) is 61.1 Å². The van der Waals surface area contributed by atoms with Gasteiger partial charge in [0.2, 0.25) is 23.6 Å². The van der Waals surface area contributed by atoms with E-state index in [9.17, 15) is 54.3 Å². The Bertz CT molecular complexity index is 2310. The quantitative estimate of drug-likeness (QED) is 0.147. The van der Waals surface area contributed by atoms with Gasteiger partial charge in [0.15, 0.2) is 0 Å². The summed E-state index contributed by atoms with van der Waals surface area (Å²) in [6.07, 6.45) is 1.91. The molecule has 5 N–H and O–H groups in total. The molecule has 4 aromatic rings. The first kappa shape index (κ1) is 31.7. The number of carboxylic acid groups (broad SMARTS) is 2. The number of carbonyl (C=O) groups excluding carboxylic acids is 4. The minimum atomic E-state index is -1.40. The van der Waals surface area contributed by atoms with Gasteiger partial charge in [-0.25, -0.2) is 19.4 Å². The standard InChI is InChI=1S/C38H28N2O11/c41-27-13-17(6-9-21(27)37(48)49)39-33(44)24-12-11-20-25(30(24)35(39)46)15-26-31(29(20)23-8-5-16-3-1-2-4-19(16)32(23)43)36(47)40(34(26)45)18-7-10-22(38(50)51)28(42)14-18/h1-11,13-14,24-26,29-31,41-43H,12,15H2,(H,48,49)(H,50,51). The minimum absolute atomic E-state index is 0.00115. The highest BCUT2D eigenvalue weighted by atomic mass is 16.4. The molecule has 4 aromatic carbocycles. The molecule has 4 amide bonds. The van der Waals surface area contributed by atoms with E-state index in [1.165, 1.54) is 12.1 Å². The van der Waals surface area contributed by atoms with E-state index in [-0.39, 0.29) is 30.0 Å². The summed E-state index contributed by atoms with van der Waals surface area (Å²) >= 11 is 0. The lowest BCUT2D eigenvalue weighted by Crippen LogP contribution is -2.43. The predicted molar refractivity (Wildman–Crippen MR) is 178 cm³/mol. The lowest BCUT2D eigenvalue weighted by atomic mass is 9.57. The molecule has 2 aliphatic carbocycles. The van der Waals surface area contributed by atoms with E-state index in [1.54, 1.807) is 30.3 Å². The number of phenolic OH excluding ortho intramolecular Hbond substituents is 1. The Morgan fingerprint density at radius 2 is 1.20 bits per heavy atom. The molecule has 0 radical (unpaired) electrons. The highest BCUT2D eigenvalue weighted by Crippen LogP contribution is 2.60. The zero-order chi connectivity index (χ0) is 36.0. The normalized spacial score (nSPS) is 25.5. The van der Waals surface area contributed by atoms with Crippen LogP contribution in [0, 0.1) is 29.6 Å². The number of amides is 4. The van der Waals surface area contributed by atoms with E-state index in [2.05, 4.69) is 0 Å². The third-order valence-corrected chi connectivity index (χ3v) is 10.9. The Hall–Kier alpha value is -6.50. The predicted octanol–water partition coefficient (Wildman–Crippen LogP) is 4.40. The number of nitrogens with zero attached hydrogens (tertiary/aromatic N) is 2. The van der Waals surface area contributed by atoms with Crippen LogP contribution in [0.3, 0.4) is 0 Å². The minimum Gasteiger partial charge on any atom is -0.507 e. The van der Waals surface area contributed by atoms with Crippen LogP contribution in [0.1, 0.15) is 45.0 Å². The van der Waals surface area contributed by atoms with Crippen LogP contribution in [0.5, 0.6) is 17.2 Å². The molecule has 51 heavy (non-hydrogen) atoms. The van der Waals surface area contributed by atoms with Crippen molar-refractivity contribution in [1.82, 2.24) is 0 Å². The van der Waals surface area contributed by atoms with Crippen LogP contribution in [-0.2, 0) is 19.2 Å². The third-order valence-electron chi connectivity index (χ3n) is 10.9. The van der Waals surface area contributed by atoms with E-state index in [4.69, 9.17) is 0 Å². The van der Waals surface area contributed by atoms with Gasteiger partial charge in [0.1, 0.15) is 28.4 Å².